The summed E-state index contributed by atoms with van der Waals surface area (Å²) in [6.07, 6.45) is 6.29. The Kier molecular flexibility index (Phi) is 4.00. The third-order valence-corrected chi connectivity index (χ3v) is 3.31. The number of hydrogen-bond acceptors (Lipinski definition) is 2. The van der Waals surface area contributed by atoms with Crippen LogP contribution in [-0.4, -0.2) is 11.4 Å². The molecule has 0 saturated heterocycles. The number of benzene rings is 1. The number of rotatable bonds is 4. The fourth-order valence-electron chi connectivity index (χ4n) is 2.27. The molecule has 2 atom stereocenters. The first-order valence-corrected chi connectivity index (χ1v) is 6.38. The molecule has 0 aliphatic heterocycles. The molecule has 1 aromatic carbocycles. The highest BCUT2D eigenvalue weighted by molar-refractivity contribution is 5.29. The van der Waals surface area contributed by atoms with Crippen LogP contribution in [-0.2, 0) is 10.3 Å². The molecule has 1 aliphatic carbocycles. The molecule has 0 radical (unpaired) electrons. The van der Waals surface area contributed by atoms with Gasteiger partial charge in [0.25, 0.3) is 0 Å². The van der Waals surface area contributed by atoms with Gasteiger partial charge in [-0.1, -0.05) is 49.1 Å². The maximum atomic E-state index is 9.95. The lowest BCUT2D eigenvalue weighted by Crippen LogP contribution is -2.34. The van der Waals surface area contributed by atoms with Gasteiger partial charge < -0.3 is 9.84 Å². The van der Waals surface area contributed by atoms with Crippen LogP contribution in [0.25, 0.3) is 0 Å². The van der Waals surface area contributed by atoms with Crippen LogP contribution < -0.4 is 0 Å². The molecule has 2 heteroatoms. The van der Waals surface area contributed by atoms with Crippen LogP contribution in [0.3, 0.4) is 0 Å². The lowest BCUT2D eigenvalue weighted by molar-refractivity contribution is -0.155. The first-order chi connectivity index (χ1) is 8.64. The van der Waals surface area contributed by atoms with Gasteiger partial charge in [-0.2, -0.15) is 0 Å². The average Bonchev–Trinajstić information content (AvgIpc) is 2.40. The maximum Gasteiger partial charge on any atom is 0.178 e. The largest absolute Gasteiger partial charge is 0.364 e. The van der Waals surface area contributed by atoms with Crippen molar-refractivity contribution in [3.05, 3.63) is 60.2 Å². The summed E-state index contributed by atoms with van der Waals surface area (Å²) in [5, 5.41) is 9.95. The Labute approximate surface area is 109 Å². The van der Waals surface area contributed by atoms with Crippen molar-refractivity contribution in [1.82, 2.24) is 0 Å². The van der Waals surface area contributed by atoms with E-state index in [0.29, 0.717) is 5.57 Å². The molecular formula is C16H20O2. The standard InChI is InChI=1S/C16H20O2/c1-13(2)15(17)18-16(11-7-4-8-12-16)14-9-5-3-6-10-14/h3,5-7,9-11,15,17H,1,4,8,12H2,2H3. The number of aliphatic hydroxyl groups is 1. The van der Waals surface area contributed by atoms with Gasteiger partial charge in [0, 0.05) is 0 Å². The zero-order chi connectivity index (χ0) is 13.0. The van der Waals surface area contributed by atoms with Crippen LogP contribution in [0.4, 0.5) is 0 Å². The minimum Gasteiger partial charge on any atom is -0.364 e. The molecule has 1 aromatic rings. The highest BCUT2D eigenvalue weighted by atomic mass is 16.6. The van der Waals surface area contributed by atoms with Crippen molar-refractivity contribution < 1.29 is 9.84 Å². The zero-order valence-electron chi connectivity index (χ0n) is 10.8. The number of hydrogen-bond donors (Lipinski definition) is 1. The SMILES string of the molecule is C=C(C)C(O)OC1(c2ccccc2)C=CCCC1. The summed E-state index contributed by atoms with van der Waals surface area (Å²) in [6, 6.07) is 10.1. The van der Waals surface area contributed by atoms with Crippen LogP contribution in [0.5, 0.6) is 0 Å². The van der Waals surface area contributed by atoms with Gasteiger partial charge in [-0.05, 0) is 37.3 Å². The number of allylic oxidation sites excluding steroid dienone is 1. The van der Waals surface area contributed by atoms with Gasteiger partial charge in [-0.15, -0.1) is 0 Å². The summed E-state index contributed by atoms with van der Waals surface area (Å²) in [5.41, 5.74) is 1.20. The first kappa shape index (κ1) is 13.1. The summed E-state index contributed by atoms with van der Waals surface area (Å²) in [6.45, 7) is 5.52. The van der Waals surface area contributed by atoms with Gasteiger partial charge >= 0.3 is 0 Å². The molecule has 0 fully saturated rings. The van der Waals surface area contributed by atoms with Crippen LogP contribution >= 0.6 is 0 Å². The van der Waals surface area contributed by atoms with Crippen LogP contribution in [0, 0.1) is 0 Å². The average molecular weight is 244 g/mol. The number of ether oxygens (including phenoxy) is 1. The quantitative estimate of drug-likeness (QED) is 0.648. The van der Waals surface area contributed by atoms with Crippen molar-refractivity contribution >= 4 is 0 Å². The molecule has 0 spiro atoms. The van der Waals surface area contributed by atoms with Gasteiger partial charge in [0.1, 0.15) is 5.60 Å². The Morgan fingerprint density at radius 3 is 2.67 bits per heavy atom. The van der Waals surface area contributed by atoms with Gasteiger partial charge in [0.05, 0.1) is 0 Å². The second-order valence-electron chi connectivity index (χ2n) is 4.87. The fourth-order valence-corrected chi connectivity index (χ4v) is 2.27. The Morgan fingerprint density at radius 1 is 1.39 bits per heavy atom. The van der Waals surface area contributed by atoms with Gasteiger partial charge in [-0.25, -0.2) is 0 Å². The fraction of sp³-hybridized carbons (Fsp3) is 0.375. The number of aliphatic hydroxyl groups excluding tert-OH is 1. The van der Waals surface area contributed by atoms with E-state index in [-0.39, 0.29) is 0 Å². The van der Waals surface area contributed by atoms with E-state index in [2.05, 4.69) is 18.7 Å². The monoisotopic (exact) mass is 244 g/mol. The van der Waals surface area contributed by atoms with E-state index in [9.17, 15) is 5.11 Å². The van der Waals surface area contributed by atoms with Crippen molar-refractivity contribution in [2.45, 2.75) is 38.1 Å². The molecule has 0 saturated carbocycles. The molecule has 0 bridgehead atoms. The molecule has 0 heterocycles. The van der Waals surface area contributed by atoms with Crippen LogP contribution in [0.1, 0.15) is 31.7 Å². The Bertz CT molecular complexity index is 436. The van der Waals surface area contributed by atoms with E-state index in [1.165, 1.54) is 0 Å². The third-order valence-electron chi connectivity index (χ3n) is 3.31. The van der Waals surface area contributed by atoms with Crippen molar-refractivity contribution in [2.24, 2.45) is 0 Å². The first-order valence-electron chi connectivity index (χ1n) is 6.38. The summed E-state index contributed by atoms with van der Waals surface area (Å²) in [5.74, 6) is 0. The van der Waals surface area contributed by atoms with Crippen LogP contribution in [0.15, 0.2) is 54.6 Å². The summed E-state index contributed by atoms with van der Waals surface area (Å²) in [7, 11) is 0. The predicted octanol–water partition coefficient (Wildman–Crippen LogP) is 3.53. The topological polar surface area (TPSA) is 29.5 Å². The van der Waals surface area contributed by atoms with Crippen molar-refractivity contribution in [3.63, 3.8) is 0 Å². The van der Waals surface area contributed by atoms with E-state index >= 15 is 0 Å². The molecule has 1 N–H and O–H groups in total. The lowest BCUT2D eigenvalue weighted by Gasteiger charge is -2.36. The summed E-state index contributed by atoms with van der Waals surface area (Å²) in [4.78, 5) is 0. The molecule has 2 rings (SSSR count). The molecular weight excluding hydrogens is 224 g/mol. The van der Waals surface area contributed by atoms with Crippen molar-refractivity contribution in [1.29, 1.82) is 0 Å². The molecule has 2 unspecified atom stereocenters. The zero-order valence-corrected chi connectivity index (χ0v) is 10.8. The van der Waals surface area contributed by atoms with E-state index in [1.807, 2.05) is 30.3 Å². The van der Waals surface area contributed by atoms with Crippen molar-refractivity contribution in [3.8, 4) is 0 Å². The highest BCUT2D eigenvalue weighted by Gasteiger charge is 2.34. The third kappa shape index (κ3) is 2.71. The van der Waals surface area contributed by atoms with Crippen molar-refractivity contribution in [2.75, 3.05) is 0 Å². The highest BCUT2D eigenvalue weighted by Crippen LogP contribution is 2.37. The molecule has 1 aliphatic rings. The smallest absolute Gasteiger partial charge is 0.178 e. The maximum absolute atomic E-state index is 9.95. The van der Waals surface area contributed by atoms with E-state index in [0.717, 1.165) is 24.8 Å². The molecule has 0 aromatic heterocycles. The Balaban J connectivity index is 2.32. The minimum absolute atomic E-state index is 0.516. The van der Waals surface area contributed by atoms with Gasteiger partial charge in [-0.3, -0.25) is 0 Å². The van der Waals surface area contributed by atoms with E-state index in [4.69, 9.17) is 4.74 Å². The summed E-state index contributed by atoms with van der Waals surface area (Å²) >= 11 is 0. The Morgan fingerprint density at radius 2 is 2.11 bits per heavy atom. The molecule has 0 amide bonds. The van der Waals surface area contributed by atoms with E-state index in [1.54, 1.807) is 6.92 Å². The minimum atomic E-state index is -0.923. The second-order valence-corrected chi connectivity index (χ2v) is 4.87. The second kappa shape index (κ2) is 5.51. The molecule has 18 heavy (non-hydrogen) atoms. The van der Waals surface area contributed by atoms with Gasteiger partial charge in [0.2, 0.25) is 0 Å². The summed E-state index contributed by atoms with van der Waals surface area (Å²) < 4.78 is 5.90. The predicted molar refractivity (Wildman–Crippen MR) is 73.0 cm³/mol. The lowest BCUT2D eigenvalue weighted by atomic mass is 9.84. The Hall–Kier alpha value is -1.38. The van der Waals surface area contributed by atoms with Crippen LogP contribution in [0.2, 0.25) is 0 Å². The van der Waals surface area contributed by atoms with Gasteiger partial charge in [0.15, 0.2) is 6.29 Å². The normalized spacial score (nSPS) is 24.8. The van der Waals surface area contributed by atoms with E-state index < -0.39 is 11.9 Å². The molecule has 2 nitrogen and oxygen atoms in total. The molecule has 96 valence electrons.